The molecule has 3 rings (SSSR count). The molecule has 0 unspecified atom stereocenters. The standard InChI is InChI=1S/C16H23N3O/c20-16(19-10-6-17-7-11-19)15-5-3-4-14(12-15)13-18-8-1-2-9-18/h3-5,12,17H,1-2,6-11,13H2. The first-order valence-corrected chi connectivity index (χ1v) is 7.64. The largest absolute Gasteiger partial charge is 0.336 e. The summed E-state index contributed by atoms with van der Waals surface area (Å²) in [7, 11) is 0. The van der Waals surface area contributed by atoms with Gasteiger partial charge >= 0.3 is 0 Å². The molecule has 1 amide bonds. The van der Waals surface area contributed by atoms with Crippen LogP contribution in [-0.2, 0) is 6.54 Å². The van der Waals surface area contributed by atoms with E-state index in [0.717, 1.165) is 38.3 Å². The normalized spacial score (nSPS) is 20.3. The molecule has 2 saturated heterocycles. The maximum absolute atomic E-state index is 12.5. The third kappa shape index (κ3) is 3.19. The van der Waals surface area contributed by atoms with Crippen LogP contribution in [0.1, 0.15) is 28.8 Å². The number of rotatable bonds is 3. The minimum Gasteiger partial charge on any atom is -0.336 e. The van der Waals surface area contributed by atoms with Gasteiger partial charge in [0.05, 0.1) is 0 Å². The van der Waals surface area contributed by atoms with E-state index >= 15 is 0 Å². The van der Waals surface area contributed by atoms with Gasteiger partial charge in [-0.25, -0.2) is 0 Å². The number of carbonyl (C=O) groups excluding carboxylic acids is 1. The van der Waals surface area contributed by atoms with E-state index in [1.54, 1.807) is 0 Å². The van der Waals surface area contributed by atoms with E-state index in [4.69, 9.17) is 0 Å². The molecule has 0 aromatic heterocycles. The molecule has 0 atom stereocenters. The van der Waals surface area contributed by atoms with Gasteiger partial charge in [0, 0.05) is 38.3 Å². The lowest BCUT2D eigenvalue weighted by Crippen LogP contribution is -2.46. The third-order valence-electron chi connectivity index (χ3n) is 4.18. The fourth-order valence-corrected chi connectivity index (χ4v) is 3.05. The van der Waals surface area contributed by atoms with Crippen molar-refractivity contribution in [2.24, 2.45) is 0 Å². The number of piperazine rings is 1. The second kappa shape index (κ2) is 6.37. The quantitative estimate of drug-likeness (QED) is 0.902. The van der Waals surface area contributed by atoms with Crippen LogP contribution in [0.3, 0.4) is 0 Å². The van der Waals surface area contributed by atoms with Crippen molar-refractivity contribution in [2.45, 2.75) is 19.4 Å². The van der Waals surface area contributed by atoms with Crippen molar-refractivity contribution in [2.75, 3.05) is 39.3 Å². The zero-order valence-electron chi connectivity index (χ0n) is 12.0. The number of hydrogen-bond donors (Lipinski definition) is 1. The van der Waals surface area contributed by atoms with Crippen molar-refractivity contribution in [1.82, 2.24) is 15.1 Å². The average molecular weight is 273 g/mol. The summed E-state index contributed by atoms with van der Waals surface area (Å²) < 4.78 is 0. The van der Waals surface area contributed by atoms with Gasteiger partial charge in [-0.05, 0) is 43.6 Å². The molecule has 1 aromatic carbocycles. The van der Waals surface area contributed by atoms with Gasteiger partial charge in [0.2, 0.25) is 0 Å². The van der Waals surface area contributed by atoms with Gasteiger partial charge in [-0.2, -0.15) is 0 Å². The van der Waals surface area contributed by atoms with Crippen LogP contribution in [0.15, 0.2) is 24.3 Å². The first-order valence-electron chi connectivity index (χ1n) is 7.64. The Morgan fingerprint density at radius 3 is 2.60 bits per heavy atom. The molecule has 0 bridgehead atoms. The first-order chi connectivity index (χ1) is 9.83. The van der Waals surface area contributed by atoms with Crippen LogP contribution < -0.4 is 5.32 Å². The molecule has 20 heavy (non-hydrogen) atoms. The Morgan fingerprint density at radius 2 is 1.85 bits per heavy atom. The Hall–Kier alpha value is -1.39. The molecule has 2 heterocycles. The number of hydrogen-bond acceptors (Lipinski definition) is 3. The topological polar surface area (TPSA) is 35.6 Å². The summed E-state index contributed by atoms with van der Waals surface area (Å²) in [5.41, 5.74) is 2.09. The van der Waals surface area contributed by atoms with Crippen molar-refractivity contribution in [1.29, 1.82) is 0 Å². The van der Waals surface area contributed by atoms with Crippen molar-refractivity contribution in [3.05, 3.63) is 35.4 Å². The van der Waals surface area contributed by atoms with E-state index in [1.165, 1.54) is 31.5 Å². The van der Waals surface area contributed by atoms with Gasteiger partial charge in [-0.3, -0.25) is 9.69 Å². The Bertz CT molecular complexity index is 463. The fourth-order valence-electron chi connectivity index (χ4n) is 3.05. The van der Waals surface area contributed by atoms with Crippen molar-refractivity contribution in [3.63, 3.8) is 0 Å². The lowest BCUT2D eigenvalue weighted by molar-refractivity contribution is 0.0735. The van der Waals surface area contributed by atoms with Crippen molar-refractivity contribution < 1.29 is 4.79 Å². The van der Waals surface area contributed by atoms with Crippen molar-refractivity contribution in [3.8, 4) is 0 Å². The molecular weight excluding hydrogens is 250 g/mol. The molecule has 0 aliphatic carbocycles. The molecule has 1 aromatic rings. The lowest BCUT2D eigenvalue weighted by atomic mass is 10.1. The maximum Gasteiger partial charge on any atom is 0.253 e. The molecule has 0 saturated carbocycles. The highest BCUT2D eigenvalue weighted by molar-refractivity contribution is 5.94. The maximum atomic E-state index is 12.5. The smallest absolute Gasteiger partial charge is 0.253 e. The van der Waals surface area contributed by atoms with Gasteiger partial charge in [-0.1, -0.05) is 12.1 Å². The molecule has 2 fully saturated rings. The zero-order valence-corrected chi connectivity index (χ0v) is 12.0. The minimum atomic E-state index is 0.176. The van der Waals surface area contributed by atoms with E-state index < -0.39 is 0 Å². The summed E-state index contributed by atoms with van der Waals surface area (Å²) in [5, 5.41) is 3.28. The summed E-state index contributed by atoms with van der Waals surface area (Å²) in [6.45, 7) is 6.79. The number of benzene rings is 1. The van der Waals surface area contributed by atoms with Crippen LogP contribution >= 0.6 is 0 Å². The summed E-state index contributed by atoms with van der Waals surface area (Å²) >= 11 is 0. The monoisotopic (exact) mass is 273 g/mol. The van der Waals surface area contributed by atoms with Crippen LogP contribution in [0.5, 0.6) is 0 Å². The van der Waals surface area contributed by atoms with Crippen LogP contribution in [-0.4, -0.2) is 55.0 Å². The predicted octanol–water partition coefficient (Wildman–Crippen LogP) is 1.33. The van der Waals surface area contributed by atoms with Gasteiger partial charge in [-0.15, -0.1) is 0 Å². The van der Waals surface area contributed by atoms with E-state index in [2.05, 4.69) is 22.3 Å². The molecule has 0 radical (unpaired) electrons. The second-order valence-corrected chi connectivity index (χ2v) is 5.73. The molecule has 4 heteroatoms. The lowest BCUT2D eigenvalue weighted by Gasteiger charge is -2.27. The van der Waals surface area contributed by atoms with Gasteiger partial charge < -0.3 is 10.2 Å². The highest BCUT2D eigenvalue weighted by Gasteiger charge is 2.18. The molecule has 2 aliphatic rings. The van der Waals surface area contributed by atoms with Gasteiger partial charge in [0.1, 0.15) is 0 Å². The number of amides is 1. The number of nitrogens with one attached hydrogen (secondary N) is 1. The Kier molecular flexibility index (Phi) is 4.33. The average Bonchev–Trinajstić information content (AvgIpc) is 3.01. The molecule has 4 nitrogen and oxygen atoms in total. The van der Waals surface area contributed by atoms with Gasteiger partial charge in [0.25, 0.3) is 5.91 Å². The summed E-state index contributed by atoms with van der Waals surface area (Å²) in [6, 6.07) is 8.16. The predicted molar refractivity (Wildman–Crippen MR) is 79.7 cm³/mol. The van der Waals surface area contributed by atoms with Crippen molar-refractivity contribution >= 4 is 5.91 Å². The highest BCUT2D eigenvalue weighted by Crippen LogP contribution is 2.15. The summed E-state index contributed by atoms with van der Waals surface area (Å²) in [4.78, 5) is 16.9. The fraction of sp³-hybridized carbons (Fsp3) is 0.562. The Balaban J connectivity index is 1.67. The molecule has 108 valence electrons. The van der Waals surface area contributed by atoms with Gasteiger partial charge in [0.15, 0.2) is 0 Å². The van der Waals surface area contributed by atoms with Crippen LogP contribution in [0, 0.1) is 0 Å². The Morgan fingerprint density at radius 1 is 1.10 bits per heavy atom. The second-order valence-electron chi connectivity index (χ2n) is 5.73. The van der Waals surface area contributed by atoms with Crippen LogP contribution in [0.25, 0.3) is 0 Å². The molecular formula is C16H23N3O. The van der Waals surface area contributed by atoms with Crippen LogP contribution in [0.2, 0.25) is 0 Å². The highest BCUT2D eigenvalue weighted by atomic mass is 16.2. The third-order valence-corrected chi connectivity index (χ3v) is 4.18. The minimum absolute atomic E-state index is 0.176. The number of nitrogens with zero attached hydrogens (tertiary/aromatic N) is 2. The SMILES string of the molecule is O=C(c1cccc(CN2CCCC2)c1)N1CCNCC1. The number of likely N-dealkylation sites (tertiary alicyclic amines) is 1. The first kappa shape index (κ1) is 13.6. The molecule has 0 spiro atoms. The summed E-state index contributed by atoms with van der Waals surface area (Å²) in [5.74, 6) is 0.176. The Labute approximate surface area is 120 Å². The molecule has 1 N–H and O–H groups in total. The van der Waals surface area contributed by atoms with E-state index in [9.17, 15) is 4.79 Å². The van der Waals surface area contributed by atoms with Crippen LogP contribution in [0.4, 0.5) is 0 Å². The van der Waals surface area contributed by atoms with E-state index in [-0.39, 0.29) is 5.91 Å². The number of carbonyl (C=O) groups is 1. The van der Waals surface area contributed by atoms with E-state index in [0.29, 0.717) is 0 Å². The zero-order chi connectivity index (χ0) is 13.8. The molecule has 2 aliphatic heterocycles. The summed E-state index contributed by atoms with van der Waals surface area (Å²) in [6.07, 6.45) is 2.61. The van der Waals surface area contributed by atoms with E-state index in [1.807, 2.05) is 17.0 Å².